The van der Waals surface area contributed by atoms with Gasteiger partial charge in [0.2, 0.25) is 0 Å². The highest BCUT2D eigenvalue weighted by Gasteiger charge is 2.03. The van der Waals surface area contributed by atoms with Crippen LogP contribution in [-0.2, 0) is 0 Å². The van der Waals surface area contributed by atoms with E-state index < -0.39 is 0 Å². The maximum absolute atomic E-state index is 13.4. The molecule has 2 aromatic rings. The molecule has 2 rings (SSSR count). The van der Waals surface area contributed by atoms with Gasteiger partial charge >= 0.3 is 0 Å². The van der Waals surface area contributed by atoms with Crippen LogP contribution in [0, 0.1) is 25.5 Å². The summed E-state index contributed by atoms with van der Waals surface area (Å²) in [4.78, 5) is 0. The first-order chi connectivity index (χ1) is 9.45. The summed E-state index contributed by atoms with van der Waals surface area (Å²) in [5.41, 5.74) is 2.33. The lowest BCUT2D eigenvalue weighted by atomic mass is 10.2. The molecule has 20 heavy (non-hydrogen) atoms. The summed E-state index contributed by atoms with van der Waals surface area (Å²) < 4.78 is 26.6. The quantitative estimate of drug-likeness (QED) is 0.803. The molecule has 0 aliphatic carbocycles. The second-order valence-electron chi connectivity index (χ2n) is 4.51. The third kappa shape index (κ3) is 3.51. The molecular weight excluding hydrogens is 278 g/mol. The van der Waals surface area contributed by atoms with Crippen molar-refractivity contribution in [2.75, 3.05) is 10.6 Å². The van der Waals surface area contributed by atoms with Gasteiger partial charge < -0.3 is 10.6 Å². The summed E-state index contributed by atoms with van der Waals surface area (Å²) in [7, 11) is 0. The lowest BCUT2D eigenvalue weighted by molar-refractivity contribution is 0.618. The Morgan fingerprint density at radius 2 is 1.45 bits per heavy atom. The maximum atomic E-state index is 13.4. The zero-order valence-corrected chi connectivity index (χ0v) is 11.9. The molecule has 0 fully saturated rings. The van der Waals surface area contributed by atoms with Crippen LogP contribution in [0.15, 0.2) is 36.4 Å². The Bertz CT molecular complexity index is 601. The first-order valence-corrected chi connectivity index (χ1v) is 6.47. The van der Waals surface area contributed by atoms with Crippen molar-refractivity contribution in [2.24, 2.45) is 0 Å². The number of anilines is 2. The van der Waals surface area contributed by atoms with Crippen LogP contribution in [0.4, 0.5) is 20.2 Å². The summed E-state index contributed by atoms with van der Waals surface area (Å²) in [6.07, 6.45) is 0. The van der Waals surface area contributed by atoms with Crippen molar-refractivity contribution in [2.45, 2.75) is 13.8 Å². The van der Waals surface area contributed by atoms with Gasteiger partial charge in [-0.05, 0) is 67.5 Å². The summed E-state index contributed by atoms with van der Waals surface area (Å²) in [5.74, 6) is -0.564. The van der Waals surface area contributed by atoms with Crippen LogP contribution in [0.3, 0.4) is 0 Å². The normalized spacial score (nSPS) is 10.2. The van der Waals surface area contributed by atoms with E-state index in [-0.39, 0.29) is 11.6 Å². The van der Waals surface area contributed by atoms with Gasteiger partial charge in [-0.3, -0.25) is 0 Å². The molecule has 2 aromatic carbocycles. The molecule has 0 saturated carbocycles. The average Bonchev–Trinajstić information content (AvgIpc) is 2.38. The van der Waals surface area contributed by atoms with Crippen LogP contribution < -0.4 is 10.6 Å². The van der Waals surface area contributed by atoms with E-state index in [1.54, 1.807) is 38.1 Å². The van der Waals surface area contributed by atoms with Gasteiger partial charge in [0.15, 0.2) is 5.11 Å². The first kappa shape index (κ1) is 14.4. The summed E-state index contributed by atoms with van der Waals surface area (Å²) >= 11 is 5.13. The molecule has 0 bridgehead atoms. The molecule has 0 saturated heterocycles. The first-order valence-electron chi connectivity index (χ1n) is 6.06. The van der Waals surface area contributed by atoms with Crippen LogP contribution in [0.1, 0.15) is 11.1 Å². The van der Waals surface area contributed by atoms with Crippen molar-refractivity contribution in [1.29, 1.82) is 0 Å². The van der Waals surface area contributed by atoms with E-state index in [0.717, 1.165) is 0 Å². The molecule has 2 N–H and O–H groups in total. The number of halogens is 2. The zero-order chi connectivity index (χ0) is 14.7. The fourth-order valence-electron chi connectivity index (χ4n) is 1.69. The van der Waals surface area contributed by atoms with Gasteiger partial charge in [0.25, 0.3) is 0 Å². The number of aryl methyl sites for hydroxylation is 2. The van der Waals surface area contributed by atoms with E-state index in [0.29, 0.717) is 27.6 Å². The highest BCUT2D eigenvalue weighted by Crippen LogP contribution is 2.16. The smallest absolute Gasteiger partial charge is 0.175 e. The number of thiocarbonyl (C=S) groups is 1. The number of hydrogen-bond donors (Lipinski definition) is 2. The molecule has 104 valence electrons. The van der Waals surface area contributed by atoms with Crippen molar-refractivity contribution in [3.63, 3.8) is 0 Å². The van der Waals surface area contributed by atoms with Gasteiger partial charge in [-0.2, -0.15) is 0 Å². The van der Waals surface area contributed by atoms with Crippen LogP contribution in [-0.4, -0.2) is 5.11 Å². The molecule has 0 aliphatic heterocycles. The Kier molecular flexibility index (Phi) is 4.29. The molecule has 0 aromatic heterocycles. The maximum Gasteiger partial charge on any atom is 0.175 e. The van der Waals surface area contributed by atoms with Gasteiger partial charge in [0.05, 0.1) is 0 Å². The number of hydrogen-bond acceptors (Lipinski definition) is 1. The minimum absolute atomic E-state index is 0.268. The topological polar surface area (TPSA) is 24.1 Å². The van der Waals surface area contributed by atoms with Crippen LogP contribution >= 0.6 is 12.2 Å². The standard InChI is InChI=1S/C15H14F2N2S/c1-9-3-4-12(8-14(9)17)19-15(20)18-11-5-6-13(16)10(2)7-11/h3-8H,1-2H3,(H2,18,19,20). The molecule has 0 aliphatic rings. The average molecular weight is 292 g/mol. The minimum Gasteiger partial charge on any atom is -0.332 e. The predicted molar refractivity (Wildman–Crippen MR) is 82.1 cm³/mol. The molecule has 0 spiro atoms. The Morgan fingerprint density at radius 1 is 0.850 bits per heavy atom. The summed E-state index contributed by atoms with van der Waals surface area (Å²) in [6.45, 7) is 3.36. The lowest BCUT2D eigenvalue weighted by Gasteiger charge is -2.11. The Hall–Kier alpha value is -2.01. The van der Waals surface area contributed by atoms with Gasteiger partial charge in [-0.15, -0.1) is 0 Å². The van der Waals surface area contributed by atoms with E-state index in [1.165, 1.54) is 12.1 Å². The summed E-state index contributed by atoms with van der Waals surface area (Å²) in [6, 6.07) is 9.39. The molecule has 0 atom stereocenters. The second kappa shape index (κ2) is 5.96. The summed E-state index contributed by atoms with van der Waals surface area (Å²) in [5, 5.41) is 6.12. The fraction of sp³-hybridized carbons (Fsp3) is 0.133. The predicted octanol–water partition coefficient (Wildman–Crippen LogP) is 4.39. The van der Waals surface area contributed by atoms with Gasteiger partial charge in [-0.1, -0.05) is 6.07 Å². The van der Waals surface area contributed by atoms with Crippen molar-refractivity contribution in [3.8, 4) is 0 Å². The highest BCUT2D eigenvalue weighted by atomic mass is 32.1. The van der Waals surface area contributed by atoms with E-state index in [4.69, 9.17) is 12.2 Å². The zero-order valence-electron chi connectivity index (χ0n) is 11.1. The largest absolute Gasteiger partial charge is 0.332 e. The number of nitrogens with one attached hydrogen (secondary N) is 2. The SMILES string of the molecule is Cc1cc(NC(=S)Nc2ccc(C)c(F)c2)ccc1F. The van der Waals surface area contributed by atoms with Crippen molar-refractivity contribution >= 4 is 28.7 Å². The fourth-order valence-corrected chi connectivity index (χ4v) is 1.92. The van der Waals surface area contributed by atoms with Crippen LogP contribution in [0.5, 0.6) is 0 Å². The van der Waals surface area contributed by atoms with Crippen LogP contribution in [0.2, 0.25) is 0 Å². The van der Waals surface area contributed by atoms with Crippen molar-refractivity contribution in [3.05, 3.63) is 59.2 Å². The monoisotopic (exact) mass is 292 g/mol. The molecule has 5 heteroatoms. The van der Waals surface area contributed by atoms with E-state index in [2.05, 4.69) is 10.6 Å². The minimum atomic E-state index is -0.296. The Morgan fingerprint density at radius 3 is 2.05 bits per heavy atom. The van der Waals surface area contributed by atoms with Crippen molar-refractivity contribution in [1.82, 2.24) is 0 Å². The molecule has 0 radical (unpaired) electrons. The van der Waals surface area contributed by atoms with Crippen molar-refractivity contribution < 1.29 is 8.78 Å². The molecular formula is C15H14F2N2S. The van der Waals surface area contributed by atoms with E-state index in [9.17, 15) is 8.78 Å². The van der Waals surface area contributed by atoms with E-state index >= 15 is 0 Å². The molecule has 0 amide bonds. The number of benzene rings is 2. The Balaban J connectivity index is 2.04. The van der Waals surface area contributed by atoms with Crippen LogP contribution in [0.25, 0.3) is 0 Å². The Labute approximate surface area is 121 Å². The van der Waals surface area contributed by atoms with Gasteiger partial charge in [-0.25, -0.2) is 8.78 Å². The third-order valence-corrected chi connectivity index (χ3v) is 3.05. The number of rotatable bonds is 2. The lowest BCUT2D eigenvalue weighted by Crippen LogP contribution is -2.19. The van der Waals surface area contributed by atoms with Gasteiger partial charge in [0, 0.05) is 11.4 Å². The molecule has 0 heterocycles. The van der Waals surface area contributed by atoms with Gasteiger partial charge in [0.1, 0.15) is 11.6 Å². The third-order valence-electron chi connectivity index (χ3n) is 2.85. The molecule has 2 nitrogen and oxygen atoms in total. The molecule has 0 unspecified atom stereocenters. The second-order valence-corrected chi connectivity index (χ2v) is 4.92. The highest BCUT2D eigenvalue weighted by molar-refractivity contribution is 7.80. The van der Waals surface area contributed by atoms with E-state index in [1.807, 2.05) is 0 Å².